The number of rotatable bonds is 4. The second kappa shape index (κ2) is 7.04. The van der Waals surface area contributed by atoms with Crippen LogP contribution in [0, 0.1) is 6.92 Å². The molecule has 4 aromatic rings. The molecule has 0 aliphatic rings. The first-order valence-corrected chi connectivity index (χ1v) is 9.15. The molecule has 2 heterocycles. The maximum absolute atomic E-state index is 6.29. The topological polar surface area (TPSA) is 53.5 Å². The first-order chi connectivity index (χ1) is 13.1. The molecule has 136 valence electrons. The van der Waals surface area contributed by atoms with E-state index in [4.69, 9.17) is 14.2 Å². The van der Waals surface area contributed by atoms with Crippen LogP contribution in [-0.4, -0.2) is 24.2 Å². The first-order valence-electron chi connectivity index (χ1n) is 8.36. The van der Waals surface area contributed by atoms with Crippen LogP contribution in [0.5, 0.6) is 23.0 Å². The number of aryl methyl sites for hydroxylation is 1. The van der Waals surface area contributed by atoms with E-state index in [9.17, 15) is 0 Å². The van der Waals surface area contributed by atoms with Crippen LogP contribution < -0.4 is 14.2 Å². The average molecular weight is 425 g/mol. The number of para-hydroxylation sites is 1. The smallest absolute Gasteiger partial charge is 0.163 e. The Morgan fingerprint density at radius 1 is 0.852 bits per heavy atom. The Kier molecular flexibility index (Phi) is 4.58. The van der Waals surface area contributed by atoms with Crippen LogP contribution in [0.25, 0.3) is 21.8 Å². The van der Waals surface area contributed by atoms with Crippen LogP contribution in [0.1, 0.15) is 5.69 Å². The Balaban J connectivity index is 1.88. The lowest BCUT2D eigenvalue weighted by Crippen LogP contribution is -1.96. The third kappa shape index (κ3) is 3.06. The molecule has 0 fully saturated rings. The highest BCUT2D eigenvalue weighted by Gasteiger charge is 2.16. The summed E-state index contributed by atoms with van der Waals surface area (Å²) in [5, 5.41) is 1.82. The van der Waals surface area contributed by atoms with E-state index >= 15 is 0 Å². The van der Waals surface area contributed by atoms with E-state index in [0.717, 1.165) is 32.0 Å². The van der Waals surface area contributed by atoms with Gasteiger partial charge in [-0.3, -0.25) is 4.98 Å². The number of hydrogen-bond donors (Lipinski definition) is 0. The molecule has 0 saturated carbocycles. The van der Waals surface area contributed by atoms with Crippen LogP contribution in [0.15, 0.2) is 53.1 Å². The van der Waals surface area contributed by atoms with E-state index in [1.54, 1.807) is 20.4 Å². The molecule has 0 atom stereocenters. The number of nitrogens with zero attached hydrogens (tertiary/aromatic N) is 2. The van der Waals surface area contributed by atoms with Gasteiger partial charge in [-0.2, -0.15) is 0 Å². The van der Waals surface area contributed by atoms with Crippen molar-refractivity contribution in [3.05, 3.63) is 58.8 Å². The summed E-state index contributed by atoms with van der Waals surface area (Å²) >= 11 is 3.68. The van der Waals surface area contributed by atoms with E-state index in [1.807, 2.05) is 49.4 Å². The first kappa shape index (κ1) is 17.5. The summed E-state index contributed by atoms with van der Waals surface area (Å²) in [5.41, 5.74) is 2.47. The number of fused-ring (bicyclic) bond motifs is 2. The summed E-state index contributed by atoms with van der Waals surface area (Å²) in [4.78, 5) is 9.08. The molecule has 6 heteroatoms. The quantitative estimate of drug-likeness (QED) is 0.422. The Hall–Kier alpha value is -2.86. The molecule has 2 aromatic heterocycles. The number of halogens is 1. The van der Waals surface area contributed by atoms with E-state index in [2.05, 4.69) is 25.9 Å². The molecule has 0 unspecified atom stereocenters. The van der Waals surface area contributed by atoms with Crippen molar-refractivity contribution in [1.29, 1.82) is 0 Å². The SMILES string of the molecule is COc1cc2nccc(Oc3c(C)nc4ccccc4c3Br)c2cc1OC. The Morgan fingerprint density at radius 3 is 2.37 bits per heavy atom. The second-order valence-corrected chi connectivity index (χ2v) is 6.79. The fourth-order valence-corrected chi connectivity index (χ4v) is 3.74. The lowest BCUT2D eigenvalue weighted by Gasteiger charge is -2.15. The maximum Gasteiger partial charge on any atom is 0.163 e. The molecule has 0 amide bonds. The zero-order valence-electron chi connectivity index (χ0n) is 15.1. The van der Waals surface area contributed by atoms with Crippen molar-refractivity contribution in [2.24, 2.45) is 0 Å². The minimum absolute atomic E-state index is 0.621. The van der Waals surface area contributed by atoms with Crippen molar-refractivity contribution in [3.63, 3.8) is 0 Å². The minimum Gasteiger partial charge on any atom is -0.493 e. The number of ether oxygens (including phenoxy) is 3. The number of pyridine rings is 2. The van der Waals surface area contributed by atoms with E-state index < -0.39 is 0 Å². The molecule has 2 aromatic carbocycles. The minimum atomic E-state index is 0.621. The third-order valence-corrected chi connectivity index (χ3v) is 5.16. The largest absolute Gasteiger partial charge is 0.493 e. The lowest BCUT2D eigenvalue weighted by molar-refractivity contribution is 0.355. The molecule has 27 heavy (non-hydrogen) atoms. The monoisotopic (exact) mass is 424 g/mol. The summed E-state index contributed by atoms with van der Waals surface area (Å²) in [6.45, 7) is 1.93. The zero-order chi connectivity index (χ0) is 19.0. The standard InChI is InChI=1S/C21H17BrN2O3/c1-12-21(20(22)13-6-4-5-7-15(13)24-12)27-17-8-9-23-16-11-19(26-3)18(25-2)10-14(16)17/h4-11H,1-3H3. The van der Waals surface area contributed by atoms with Gasteiger partial charge in [0.1, 0.15) is 5.75 Å². The van der Waals surface area contributed by atoms with Gasteiger partial charge in [0.25, 0.3) is 0 Å². The summed E-state index contributed by atoms with van der Waals surface area (Å²) in [6.07, 6.45) is 1.71. The van der Waals surface area contributed by atoms with Gasteiger partial charge in [-0.1, -0.05) is 18.2 Å². The van der Waals surface area contributed by atoms with Crippen LogP contribution >= 0.6 is 15.9 Å². The molecule has 4 rings (SSSR count). The van der Waals surface area contributed by atoms with Gasteiger partial charge in [0.15, 0.2) is 17.2 Å². The molecule has 0 aliphatic carbocycles. The summed E-state index contributed by atoms with van der Waals surface area (Å²) in [7, 11) is 3.21. The van der Waals surface area contributed by atoms with Gasteiger partial charge < -0.3 is 14.2 Å². The molecule has 0 radical (unpaired) electrons. The van der Waals surface area contributed by atoms with Gasteiger partial charge in [-0.05, 0) is 41.1 Å². The number of aromatic nitrogens is 2. The van der Waals surface area contributed by atoms with E-state index in [0.29, 0.717) is 23.0 Å². The predicted octanol–water partition coefficient (Wildman–Crippen LogP) is 5.66. The lowest BCUT2D eigenvalue weighted by atomic mass is 10.1. The van der Waals surface area contributed by atoms with Crippen LogP contribution in [0.4, 0.5) is 0 Å². The second-order valence-electron chi connectivity index (χ2n) is 5.99. The number of benzene rings is 2. The van der Waals surface area contributed by atoms with Crippen LogP contribution in [0.3, 0.4) is 0 Å². The van der Waals surface area contributed by atoms with Crippen molar-refractivity contribution in [2.75, 3.05) is 14.2 Å². The van der Waals surface area contributed by atoms with E-state index in [1.165, 1.54) is 0 Å². The fraction of sp³-hybridized carbons (Fsp3) is 0.143. The predicted molar refractivity (Wildman–Crippen MR) is 109 cm³/mol. The highest BCUT2D eigenvalue weighted by molar-refractivity contribution is 9.10. The van der Waals surface area contributed by atoms with Crippen molar-refractivity contribution in [3.8, 4) is 23.0 Å². The molecule has 5 nitrogen and oxygen atoms in total. The van der Waals surface area contributed by atoms with Crippen molar-refractivity contribution < 1.29 is 14.2 Å². The number of hydrogen-bond acceptors (Lipinski definition) is 5. The van der Waals surface area contributed by atoms with Gasteiger partial charge in [0, 0.05) is 23.0 Å². The van der Waals surface area contributed by atoms with Gasteiger partial charge in [0.05, 0.1) is 35.4 Å². The Morgan fingerprint density at radius 2 is 1.59 bits per heavy atom. The molecule has 0 saturated heterocycles. The highest BCUT2D eigenvalue weighted by Crippen LogP contribution is 2.41. The molecular weight excluding hydrogens is 408 g/mol. The normalized spacial score (nSPS) is 11.0. The van der Waals surface area contributed by atoms with Gasteiger partial charge in [-0.25, -0.2) is 4.98 Å². The zero-order valence-corrected chi connectivity index (χ0v) is 16.7. The molecule has 0 spiro atoms. The number of methoxy groups -OCH3 is 2. The van der Waals surface area contributed by atoms with Gasteiger partial charge in [-0.15, -0.1) is 0 Å². The highest BCUT2D eigenvalue weighted by atomic mass is 79.9. The molecular formula is C21H17BrN2O3. The van der Waals surface area contributed by atoms with Crippen molar-refractivity contribution >= 4 is 37.7 Å². The Labute approximate surface area is 165 Å². The summed E-state index contributed by atoms with van der Waals surface area (Å²) in [5.74, 6) is 2.59. The molecule has 0 bridgehead atoms. The van der Waals surface area contributed by atoms with Crippen molar-refractivity contribution in [1.82, 2.24) is 9.97 Å². The summed E-state index contributed by atoms with van der Waals surface area (Å²) < 4.78 is 18.0. The molecule has 0 N–H and O–H groups in total. The van der Waals surface area contributed by atoms with Gasteiger partial charge in [0.2, 0.25) is 0 Å². The average Bonchev–Trinajstić information content (AvgIpc) is 2.70. The maximum atomic E-state index is 6.29. The van der Waals surface area contributed by atoms with E-state index in [-0.39, 0.29) is 0 Å². The van der Waals surface area contributed by atoms with Crippen LogP contribution in [-0.2, 0) is 0 Å². The van der Waals surface area contributed by atoms with Crippen LogP contribution in [0.2, 0.25) is 0 Å². The van der Waals surface area contributed by atoms with Crippen molar-refractivity contribution in [2.45, 2.75) is 6.92 Å². The van der Waals surface area contributed by atoms with Gasteiger partial charge >= 0.3 is 0 Å². The third-order valence-electron chi connectivity index (χ3n) is 4.38. The molecule has 0 aliphatic heterocycles. The Bertz CT molecular complexity index is 1160. The summed E-state index contributed by atoms with van der Waals surface area (Å²) in [6, 6.07) is 13.5. The fourth-order valence-electron chi connectivity index (χ4n) is 3.03.